The monoisotopic (exact) mass is 996 g/mol. The number of rotatable bonds is 10. The first-order chi connectivity index (χ1) is 37.6. The first kappa shape index (κ1) is 47.3. The SMILES string of the molecule is Cc1ccc(N(c2ccc3c(c2)C(C)(C)c2cccc4c2c-3cc2ccc(N(c3ccc(C)cc3)c3cc(-c5ccccc5)cc(-c5ccccc5)c3F)cc24)c2cc(-c3ccccc3)cc(-c3ccccc3)c2F)cc1. The van der Waals surface area contributed by atoms with E-state index in [1.807, 2.05) is 121 Å². The molecule has 2 nitrogen and oxygen atoms in total. The highest BCUT2D eigenvalue weighted by atomic mass is 19.1. The largest absolute Gasteiger partial charge is 0.308 e. The highest BCUT2D eigenvalue weighted by Gasteiger charge is 2.35. The minimum Gasteiger partial charge on any atom is -0.308 e. The van der Waals surface area contributed by atoms with Gasteiger partial charge >= 0.3 is 0 Å². The van der Waals surface area contributed by atoms with Crippen molar-refractivity contribution in [1.29, 1.82) is 0 Å². The molecule has 13 rings (SSSR count). The van der Waals surface area contributed by atoms with Crippen LogP contribution in [-0.4, -0.2) is 0 Å². The van der Waals surface area contributed by atoms with E-state index < -0.39 is 5.41 Å². The minimum absolute atomic E-state index is 0.293. The second-order valence-electron chi connectivity index (χ2n) is 20.9. The number of hydrogen-bond acceptors (Lipinski definition) is 2. The lowest BCUT2D eigenvalue weighted by atomic mass is 9.68. The van der Waals surface area contributed by atoms with Gasteiger partial charge in [-0.1, -0.05) is 201 Å². The molecule has 0 N–H and O–H groups in total. The van der Waals surface area contributed by atoms with E-state index >= 15 is 8.78 Å². The average molecular weight is 997 g/mol. The van der Waals surface area contributed by atoms with Crippen LogP contribution in [0, 0.1) is 25.5 Å². The summed E-state index contributed by atoms with van der Waals surface area (Å²) in [5.41, 5.74) is 17.3. The highest BCUT2D eigenvalue weighted by Crippen LogP contribution is 2.53. The lowest BCUT2D eigenvalue weighted by molar-refractivity contribution is 0.632. The van der Waals surface area contributed by atoms with Crippen LogP contribution in [0.1, 0.15) is 36.1 Å². The number of anilines is 6. The van der Waals surface area contributed by atoms with Gasteiger partial charge in [0.25, 0.3) is 0 Å². The molecule has 0 bridgehead atoms. The van der Waals surface area contributed by atoms with Crippen LogP contribution >= 0.6 is 0 Å². The third-order valence-corrected chi connectivity index (χ3v) is 15.7. The van der Waals surface area contributed by atoms with Crippen LogP contribution in [0.3, 0.4) is 0 Å². The molecule has 0 saturated carbocycles. The van der Waals surface area contributed by atoms with Crippen LogP contribution in [0.2, 0.25) is 0 Å². The normalized spacial score (nSPS) is 12.4. The van der Waals surface area contributed by atoms with Crippen molar-refractivity contribution in [3.8, 4) is 55.6 Å². The fraction of sp³-hybridized carbons (Fsp3) is 0.0685. The number of fused-ring (bicyclic) bond motifs is 4. The molecule has 12 aromatic carbocycles. The lowest BCUT2D eigenvalue weighted by Crippen LogP contribution is -2.24. The molecule has 0 unspecified atom stereocenters. The van der Waals surface area contributed by atoms with Crippen LogP contribution in [0.5, 0.6) is 0 Å². The smallest absolute Gasteiger partial charge is 0.155 e. The van der Waals surface area contributed by atoms with Gasteiger partial charge in [0.15, 0.2) is 11.6 Å². The Morgan fingerprint density at radius 3 is 1.25 bits per heavy atom. The van der Waals surface area contributed by atoms with E-state index in [-0.39, 0.29) is 11.6 Å². The fourth-order valence-electron chi connectivity index (χ4n) is 11.7. The van der Waals surface area contributed by atoms with Crippen LogP contribution in [-0.2, 0) is 5.41 Å². The summed E-state index contributed by atoms with van der Waals surface area (Å²) in [4.78, 5) is 4.16. The molecular formula is C73H54F2N2. The molecule has 0 atom stereocenters. The maximum atomic E-state index is 17.8. The van der Waals surface area contributed by atoms with Crippen molar-refractivity contribution in [2.75, 3.05) is 9.80 Å². The molecule has 0 saturated heterocycles. The van der Waals surface area contributed by atoms with Gasteiger partial charge in [-0.3, -0.25) is 0 Å². The van der Waals surface area contributed by atoms with Gasteiger partial charge in [0.05, 0.1) is 11.4 Å². The summed E-state index contributed by atoms with van der Waals surface area (Å²) in [5, 5.41) is 4.47. The van der Waals surface area contributed by atoms with E-state index in [2.05, 4.69) is 171 Å². The first-order valence-electron chi connectivity index (χ1n) is 26.4. The summed E-state index contributed by atoms with van der Waals surface area (Å²) in [5.74, 6) is -0.589. The topological polar surface area (TPSA) is 6.48 Å². The van der Waals surface area contributed by atoms with Crippen LogP contribution in [0.15, 0.2) is 255 Å². The van der Waals surface area contributed by atoms with Crippen molar-refractivity contribution in [1.82, 2.24) is 0 Å². The van der Waals surface area contributed by atoms with E-state index in [1.165, 1.54) is 10.9 Å². The molecule has 370 valence electrons. The minimum atomic E-state index is -0.468. The van der Waals surface area contributed by atoms with E-state index in [9.17, 15) is 0 Å². The Bertz CT molecular complexity index is 4190. The van der Waals surface area contributed by atoms with E-state index in [1.54, 1.807) is 0 Å². The maximum Gasteiger partial charge on any atom is 0.155 e. The van der Waals surface area contributed by atoms with Gasteiger partial charge in [-0.25, -0.2) is 8.78 Å². The maximum absolute atomic E-state index is 17.8. The van der Waals surface area contributed by atoms with Crippen LogP contribution in [0.25, 0.3) is 77.2 Å². The molecular weight excluding hydrogens is 943 g/mol. The lowest BCUT2D eigenvalue weighted by Gasteiger charge is -2.37. The Labute approximate surface area is 449 Å². The van der Waals surface area contributed by atoms with Crippen molar-refractivity contribution in [3.05, 3.63) is 289 Å². The highest BCUT2D eigenvalue weighted by molar-refractivity contribution is 6.17. The van der Waals surface area contributed by atoms with Gasteiger partial charge in [-0.2, -0.15) is 0 Å². The Kier molecular flexibility index (Phi) is 11.7. The van der Waals surface area contributed by atoms with Crippen molar-refractivity contribution in [2.24, 2.45) is 0 Å². The zero-order chi connectivity index (χ0) is 52.4. The number of aryl methyl sites for hydroxylation is 2. The van der Waals surface area contributed by atoms with Gasteiger partial charge in [0.1, 0.15) is 0 Å². The molecule has 1 aliphatic carbocycles. The molecule has 77 heavy (non-hydrogen) atoms. The molecule has 0 heterocycles. The summed E-state index contributed by atoms with van der Waals surface area (Å²) < 4.78 is 35.5. The quantitative estimate of drug-likeness (QED) is 0.126. The molecule has 0 fully saturated rings. The molecule has 0 spiro atoms. The third kappa shape index (κ3) is 8.34. The van der Waals surface area contributed by atoms with Gasteiger partial charge in [-0.05, 0) is 170 Å². The number of hydrogen-bond donors (Lipinski definition) is 0. The van der Waals surface area contributed by atoms with E-state index in [0.29, 0.717) is 22.5 Å². The second-order valence-corrected chi connectivity index (χ2v) is 20.9. The van der Waals surface area contributed by atoms with E-state index in [4.69, 9.17) is 0 Å². The van der Waals surface area contributed by atoms with Gasteiger partial charge in [-0.15, -0.1) is 0 Å². The zero-order valence-corrected chi connectivity index (χ0v) is 43.4. The Balaban J connectivity index is 0.992. The van der Waals surface area contributed by atoms with Crippen molar-refractivity contribution in [3.63, 3.8) is 0 Å². The standard InChI is InChI=1S/C73H54F2N2/c1-47-28-33-56(34-29-47)76(68-43-54(49-18-9-5-10-19-49)41-63(71(68)74)51-22-13-7-14-23-51)58-37-32-53-40-65-60-39-38-59(46-67(60)73(3,4)66-27-17-26-61(70(65)66)62(53)45-58)77(57-35-30-48(2)31-36-57)69-44-55(50-20-11-6-12-21-50)42-64(72(69)75)52-24-15-8-16-25-52/h5-46H,1-4H3. The third-order valence-electron chi connectivity index (χ3n) is 15.7. The summed E-state index contributed by atoms with van der Waals surface area (Å²) in [6.07, 6.45) is 0. The average Bonchev–Trinajstić information content (AvgIpc) is 3.62. The molecule has 0 aromatic heterocycles. The fourth-order valence-corrected chi connectivity index (χ4v) is 11.7. The van der Waals surface area contributed by atoms with Gasteiger partial charge in [0.2, 0.25) is 0 Å². The Morgan fingerprint density at radius 2 is 0.753 bits per heavy atom. The number of benzene rings is 12. The summed E-state index contributed by atoms with van der Waals surface area (Å²) in [6.45, 7) is 8.77. The van der Waals surface area contributed by atoms with Crippen molar-refractivity contribution in [2.45, 2.75) is 33.1 Å². The van der Waals surface area contributed by atoms with Gasteiger partial charge in [0, 0.05) is 39.3 Å². The van der Waals surface area contributed by atoms with Gasteiger partial charge < -0.3 is 9.80 Å². The number of halogens is 2. The first-order valence-corrected chi connectivity index (χ1v) is 26.4. The zero-order valence-electron chi connectivity index (χ0n) is 43.4. The Morgan fingerprint density at radius 1 is 0.312 bits per heavy atom. The molecule has 0 aliphatic heterocycles. The predicted molar refractivity (Wildman–Crippen MR) is 320 cm³/mol. The van der Waals surface area contributed by atoms with Crippen molar-refractivity contribution < 1.29 is 8.78 Å². The molecule has 12 aromatic rings. The van der Waals surface area contributed by atoms with Crippen LogP contribution in [0.4, 0.5) is 42.9 Å². The number of nitrogens with zero attached hydrogens (tertiary/aromatic N) is 2. The summed E-state index contributed by atoms with van der Waals surface area (Å²) in [7, 11) is 0. The summed E-state index contributed by atoms with van der Waals surface area (Å²) >= 11 is 0. The Hall–Kier alpha value is -9.38. The summed E-state index contributed by atoms with van der Waals surface area (Å²) in [6, 6.07) is 86.9. The predicted octanol–water partition coefficient (Wildman–Crippen LogP) is 20.8. The molecule has 0 radical (unpaired) electrons. The molecule has 0 amide bonds. The molecule has 1 aliphatic rings. The van der Waals surface area contributed by atoms with E-state index in [0.717, 1.165) is 100 Å². The second kappa shape index (κ2) is 19.1. The van der Waals surface area contributed by atoms with Crippen LogP contribution < -0.4 is 9.80 Å². The molecule has 4 heteroatoms. The van der Waals surface area contributed by atoms with Crippen molar-refractivity contribution >= 4 is 55.7 Å².